The van der Waals surface area contributed by atoms with Gasteiger partial charge in [-0.25, -0.2) is 0 Å². The highest BCUT2D eigenvalue weighted by molar-refractivity contribution is 9.10. The summed E-state index contributed by atoms with van der Waals surface area (Å²) in [5, 5.41) is 5.07. The van der Waals surface area contributed by atoms with Crippen molar-refractivity contribution in [3.63, 3.8) is 0 Å². The summed E-state index contributed by atoms with van der Waals surface area (Å²) in [5.74, 6) is 0.810. The lowest BCUT2D eigenvalue weighted by Gasteiger charge is -2.06. The maximum atomic E-state index is 12.1. The first-order valence-corrected chi connectivity index (χ1v) is 7.51. The van der Waals surface area contributed by atoms with Crippen molar-refractivity contribution in [2.75, 3.05) is 6.54 Å². The number of carbonyl (C=O) groups is 1. The van der Waals surface area contributed by atoms with Gasteiger partial charge in [-0.15, -0.1) is 0 Å². The van der Waals surface area contributed by atoms with Gasteiger partial charge in [0.05, 0.1) is 6.26 Å². The molecule has 106 valence electrons. The second-order valence-corrected chi connectivity index (χ2v) is 5.71. The highest BCUT2D eigenvalue weighted by Gasteiger charge is 2.06. The molecule has 1 amide bonds. The van der Waals surface area contributed by atoms with Crippen LogP contribution in [0.1, 0.15) is 16.1 Å². The molecule has 0 saturated heterocycles. The molecular weight excluding hydrogens is 330 g/mol. The standard InChI is InChI=1S/C17H14BrNO2/c18-15-6-5-12-10-14(4-3-13(12)11-15)17(20)19-8-7-16-2-1-9-21-16/h1-6,9-11H,7-8H2,(H,19,20). The van der Waals surface area contributed by atoms with E-state index in [1.165, 1.54) is 0 Å². The number of nitrogens with one attached hydrogen (secondary N) is 1. The Morgan fingerprint density at radius 3 is 2.71 bits per heavy atom. The minimum absolute atomic E-state index is 0.0635. The van der Waals surface area contributed by atoms with Crippen LogP contribution in [0.4, 0.5) is 0 Å². The predicted molar refractivity (Wildman–Crippen MR) is 86.4 cm³/mol. The fraction of sp³-hybridized carbons (Fsp3) is 0.118. The molecule has 0 saturated carbocycles. The molecule has 2 aromatic carbocycles. The molecule has 4 heteroatoms. The third kappa shape index (κ3) is 3.34. The maximum absolute atomic E-state index is 12.1. The molecule has 0 aliphatic carbocycles. The van der Waals surface area contributed by atoms with E-state index >= 15 is 0 Å². The smallest absolute Gasteiger partial charge is 0.251 e. The summed E-state index contributed by atoms with van der Waals surface area (Å²) >= 11 is 3.44. The van der Waals surface area contributed by atoms with Gasteiger partial charge in [-0.3, -0.25) is 4.79 Å². The Hall–Kier alpha value is -2.07. The predicted octanol–water partition coefficient (Wildman–Crippen LogP) is 4.17. The number of hydrogen-bond acceptors (Lipinski definition) is 2. The Morgan fingerprint density at radius 2 is 1.90 bits per heavy atom. The molecule has 1 aromatic heterocycles. The molecule has 3 aromatic rings. The number of fused-ring (bicyclic) bond motifs is 1. The Morgan fingerprint density at radius 1 is 1.10 bits per heavy atom. The molecule has 0 fully saturated rings. The number of rotatable bonds is 4. The van der Waals surface area contributed by atoms with Crippen molar-refractivity contribution >= 4 is 32.6 Å². The molecular formula is C17H14BrNO2. The molecule has 3 rings (SSSR count). The van der Waals surface area contributed by atoms with Crippen molar-refractivity contribution in [1.82, 2.24) is 5.32 Å². The number of amides is 1. The summed E-state index contributed by atoms with van der Waals surface area (Å²) in [5.41, 5.74) is 0.671. The van der Waals surface area contributed by atoms with Crippen LogP contribution in [0, 0.1) is 0 Å². The normalized spacial score (nSPS) is 10.7. The van der Waals surface area contributed by atoms with Crippen LogP contribution in [-0.2, 0) is 6.42 Å². The van der Waals surface area contributed by atoms with Crippen molar-refractivity contribution in [2.45, 2.75) is 6.42 Å². The van der Waals surface area contributed by atoms with Crippen LogP contribution >= 0.6 is 15.9 Å². The van der Waals surface area contributed by atoms with E-state index < -0.39 is 0 Å². The highest BCUT2D eigenvalue weighted by Crippen LogP contribution is 2.20. The molecule has 1 heterocycles. The highest BCUT2D eigenvalue weighted by atomic mass is 79.9. The van der Waals surface area contributed by atoms with Gasteiger partial charge < -0.3 is 9.73 Å². The molecule has 0 unspecified atom stereocenters. The van der Waals surface area contributed by atoms with Gasteiger partial charge in [0, 0.05) is 23.0 Å². The largest absolute Gasteiger partial charge is 0.469 e. The molecule has 0 radical (unpaired) electrons. The van der Waals surface area contributed by atoms with Gasteiger partial charge in [-0.1, -0.05) is 28.1 Å². The molecule has 0 atom stereocenters. The average molecular weight is 344 g/mol. The summed E-state index contributed by atoms with van der Waals surface area (Å²) in [6.07, 6.45) is 2.33. The van der Waals surface area contributed by atoms with Crippen LogP contribution in [0.15, 0.2) is 63.7 Å². The van der Waals surface area contributed by atoms with Crippen LogP contribution in [0.2, 0.25) is 0 Å². The average Bonchev–Trinajstić information content (AvgIpc) is 3.00. The summed E-state index contributed by atoms with van der Waals surface area (Å²) in [6, 6.07) is 15.5. The minimum atomic E-state index is -0.0635. The zero-order chi connectivity index (χ0) is 14.7. The minimum Gasteiger partial charge on any atom is -0.469 e. The van der Waals surface area contributed by atoms with Gasteiger partial charge in [-0.2, -0.15) is 0 Å². The van der Waals surface area contributed by atoms with E-state index in [1.807, 2.05) is 48.5 Å². The van der Waals surface area contributed by atoms with Crippen molar-refractivity contribution < 1.29 is 9.21 Å². The van der Waals surface area contributed by atoms with Gasteiger partial charge in [0.2, 0.25) is 0 Å². The second kappa shape index (κ2) is 6.14. The van der Waals surface area contributed by atoms with E-state index in [4.69, 9.17) is 4.42 Å². The van der Waals surface area contributed by atoms with Crippen molar-refractivity contribution in [3.8, 4) is 0 Å². The quantitative estimate of drug-likeness (QED) is 0.772. The number of furan rings is 1. The van der Waals surface area contributed by atoms with Crippen LogP contribution in [0.3, 0.4) is 0 Å². The fourth-order valence-corrected chi connectivity index (χ4v) is 2.59. The Kier molecular flexibility index (Phi) is 4.06. The second-order valence-electron chi connectivity index (χ2n) is 4.79. The monoisotopic (exact) mass is 343 g/mol. The van der Waals surface area contributed by atoms with Gasteiger partial charge in [-0.05, 0) is 47.2 Å². The van der Waals surface area contributed by atoms with Crippen LogP contribution in [0.5, 0.6) is 0 Å². The lowest BCUT2D eigenvalue weighted by molar-refractivity contribution is 0.0954. The number of halogens is 1. The fourth-order valence-electron chi connectivity index (χ4n) is 2.21. The van der Waals surface area contributed by atoms with Gasteiger partial charge in [0.15, 0.2) is 0 Å². The zero-order valence-electron chi connectivity index (χ0n) is 11.3. The van der Waals surface area contributed by atoms with E-state index in [9.17, 15) is 4.79 Å². The van der Waals surface area contributed by atoms with E-state index in [1.54, 1.807) is 6.26 Å². The van der Waals surface area contributed by atoms with Crippen molar-refractivity contribution in [2.24, 2.45) is 0 Å². The van der Waals surface area contributed by atoms with Gasteiger partial charge in [0.1, 0.15) is 5.76 Å². The number of benzene rings is 2. The molecule has 0 aliphatic rings. The lowest BCUT2D eigenvalue weighted by Crippen LogP contribution is -2.25. The zero-order valence-corrected chi connectivity index (χ0v) is 12.9. The van der Waals surface area contributed by atoms with Crippen molar-refractivity contribution in [1.29, 1.82) is 0 Å². The SMILES string of the molecule is O=C(NCCc1ccco1)c1ccc2cc(Br)ccc2c1. The first-order chi connectivity index (χ1) is 10.2. The van der Waals surface area contributed by atoms with Crippen molar-refractivity contribution in [3.05, 3.63) is 70.6 Å². The molecule has 21 heavy (non-hydrogen) atoms. The topological polar surface area (TPSA) is 42.2 Å². The molecule has 1 N–H and O–H groups in total. The molecule has 3 nitrogen and oxygen atoms in total. The Labute approximate surface area is 131 Å². The Balaban J connectivity index is 1.68. The summed E-state index contributed by atoms with van der Waals surface area (Å²) < 4.78 is 6.27. The van der Waals surface area contributed by atoms with Crippen LogP contribution in [0.25, 0.3) is 10.8 Å². The summed E-state index contributed by atoms with van der Waals surface area (Å²) in [6.45, 7) is 0.560. The number of carbonyl (C=O) groups excluding carboxylic acids is 1. The molecule has 0 bridgehead atoms. The van der Waals surface area contributed by atoms with E-state index in [-0.39, 0.29) is 5.91 Å². The number of hydrogen-bond donors (Lipinski definition) is 1. The maximum Gasteiger partial charge on any atom is 0.251 e. The lowest BCUT2D eigenvalue weighted by atomic mass is 10.1. The first kappa shape index (κ1) is 13.9. The first-order valence-electron chi connectivity index (χ1n) is 6.72. The van der Waals surface area contributed by atoms with Gasteiger partial charge >= 0.3 is 0 Å². The summed E-state index contributed by atoms with van der Waals surface area (Å²) in [4.78, 5) is 12.1. The van der Waals surface area contributed by atoms with E-state index in [0.29, 0.717) is 18.5 Å². The molecule has 0 aliphatic heterocycles. The van der Waals surface area contributed by atoms with E-state index in [2.05, 4.69) is 21.2 Å². The summed E-state index contributed by atoms with van der Waals surface area (Å²) in [7, 11) is 0. The molecule has 0 spiro atoms. The third-order valence-corrected chi connectivity index (χ3v) is 3.79. The van der Waals surface area contributed by atoms with E-state index in [0.717, 1.165) is 21.0 Å². The van der Waals surface area contributed by atoms with Gasteiger partial charge in [0.25, 0.3) is 5.91 Å². The Bertz CT molecular complexity index is 766. The van der Waals surface area contributed by atoms with Crippen LogP contribution < -0.4 is 5.32 Å². The van der Waals surface area contributed by atoms with Crippen LogP contribution in [-0.4, -0.2) is 12.5 Å². The third-order valence-electron chi connectivity index (χ3n) is 3.30.